The maximum absolute atomic E-state index is 11.1. The average molecular weight is 235 g/mol. The number of nitrogens with zero attached hydrogens (tertiary/aromatic N) is 1. The highest BCUT2D eigenvalue weighted by atomic mass is 16.5. The molecule has 0 bridgehead atoms. The second-order valence-electron chi connectivity index (χ2n) is 4.24. The van der Waals surface area contributed by atoms with Crippen LogP contribution in [0, 0.1) is 0 Å². The van der Waals surface area contributed by atoms with E-state index in [0.29, 0.717) is 11.7 Å². The highest BCUT2D eigenvalue weighted by molar-refractivity contribution is 5.94. The van der Waals surface area contributed by atoms with Crippen molar-refractivity contribution in [2.45, 2.75) is 18.9 Å². The molecule has 1 heterocycles. The Bertz CT molecular complexity index is 397. The molecule has 92 valence electrons. The Morgan fingerprint density at radius 3 is 2.59 bits per heavy atom. The topological polar surface area (TPSA) is 49.8 Å². The fourth-order valence-electron chi connectivity index (χ4n) is 2.26. The molecule has 1 saturated heterocycles. The number of ether oxygens (including phenoxy) is 1. The van der Waals surface area contributed by atoms with E-state index in [2.05, 4.69) is 4.90 Å². The molecular formula is C13H17NO3. The van der Waals surface area contributed by atoms with Crippen molar-refractivity contribution in [1.82, 2.24) is 0 Å². The van der Waals surface area contributed by atoms with Crippen molar-refractivity contribution in [3.8, 4) is 0 Å². The van der Waals surface area contributed by atoms with Crippen LogP contribution in [0.2, 0.25) is 0 Å². The quantitative estimate of drug-likeness (QED) is 0.870. The molecule has 1 N–H and O–H groups in total. The summed E-state index contributed by atoms with van der Waals surface area (Å²) in [5.74, 6) is -0.866. The molecule has 0 radical (unpaired) electrons. The van der Waals surface area contributed by atoms with E-state index in [-0.39, 0.29) is 0 Å². The molecule has 1 fully saturated rings. The minimum absolute atomic E-state index is 0.309. The summed E-state index contributed by atoms with van der Waals surface area (Å²) in [5, 5.41) is 9.14. The van der Waals surface area contributed by atoms with E-state index < -0.39 is 5.97 Å². The lowest BCUT2D eigenvalue weighted by Crippen LogP contribution is -2.37. The highest BCUT2D eigenvalue weighted by Crippen LogP contribution is 2.24. The van der Waals surface area contributed by atoms with Gasteiger partial charge in [0.05, 0.1) is 17.4 Å². The number of carbonyl (C=O) groups is 1. The van der Waals surface area contributed by atoms with Gasteiger partial charge in [-0.3, -0.25) is 0 Å². The zero-order chi connectivity index (χ0) is 12.3. The molecule has 4 heteroatoms. The van der Waals surface area contributed by atoms with Crippen molar-refractivity contribution in [3.05, 3.63) is 29.8 Å². The summed E-state index contributed by atoms with van der Waals surface area (Å²) in [6, 6.07) is 7.16. The molecule has 4 nitrogen and oxygen atoms in total. The van der Waals surface area contributed by atoms with Gasteiger partial charge in [0.15, 0.2) is 0 Å². The van der Waals surface area contributed by atoms with Crippen molar-refractivity contribution in [3.63, 3.8) is 0 Å². The van der Waals surface area contributed by atoms with E-state index in [0.717, 1.165) is 31.6 Å². The number of para-hydroxylation sites is 1. The molecule has 1 aromatic rings. The number of rotatable bonds is 3. The fourth-order valence-corrected chi connectivity index (χ4v) is 2.26. The average Bonchev–Trinajstić information content (AvgIpc) is 2.39. The van der Waals surface area contributed by atoms with Crippen LogP contribution in [0.25, 0.3) is 0 Å². The monoisotopic (exact) mass is 235 g/mol. The number of benzene rings is 1. The smallest absolute Gasteiger partial charge is 0.337 e. The maximum atomic E-state index is 11.1. The van der Waals surface area contributed by atoms with Gasteiger partial charge in [-0.1, -0.05) is 12.1 Å². The lowest BCUT2D eigenvalue weighted by molar-refractivity contribution is 0.0696. The van der Waals surface area contributed by atoms with Crippen molar-refractivity contribution < 1.29 is 14.6 Å². The summed E-state index contributed by atoms with van der Waals surface area (Å²) in [6.07, 6.45) is 2.21. The van der Waals surface area contributed by atoms with Gasteiger partial charge in [-0.2, -0.15) is 0 Å². The largest absolute Gasteiger partial charge is 0.478 e. The molecular weight excluding hydrogens is 218 g/mol. The van der Waals surface area contributed by atoms with E-state index in [1.807, 2.05) is 12.1 Å². The van der Waals surface area contributed by atoms with Crippen LogP contribution in [0.4, 0.5) is 5.69 Å². The van der Waals surface area contributed by atoms with Gasteiger partial charge in [-0.05, 0) is 25.0 Å². The summed E-state index contributed by atoms with van der Waals surface area (Å²) in [7, 11) is 1.73. The number of piperidine rings is 1. The third kappa shape index (κ3) is 2.58. The van der Waals surface area contributed by atoms with Gasteiger partial charge >= 0.3 is 5.97 Å². The predicted octanol–water partition coefficient (Wildman–Crippen LogP) is 2.00. The molecule has 1 aliphatic rings. The Labute approximate surface area is 101 Å². The van der Waals surface area contributed by atoms with Crippen LogP contribution in [-0.2, 0) is 4.74 Å². The third-order valence-corrected chi connectivity index (χ3v) is 3.25. The van der Waals surface area contributed by atoms with Gasteiger partial charge in [-0.25, -0.2) is 4.79 Å². The normalized spacial score (nSPS) is 17.1. The predicted molar refractivity (Wildman–Crippen MR) is 65.6 cm³/mol. The number of anilines is 1. The Morgan fingerprint density at radius 2 is 2.00 bits per heavy atom. The molecule has 0 atom stereocenters. The first-order valence-corrected chi connectivity index (χ1v) is 5.82. The van der Waals surface area contributed by atoms with E-state index in [1.165, 1.54) is 0 Å². The number of hydrogen-bond donors (Lipinski definition) is 1. The second-order valence-corrected chi connectivity index (χ2v) is 4.24. The van der Waals surface area contributed by atoms with E-state index in [4.69, 9.17) is 9.84 Å². The molecule has 0 saturated carbocycles. The van der Waals surface area contributed by atoms with Gasteiger partial charge in [-0.15, -0.1) is 0 Å². The number of carboxylic acid groups (broad SMARTS) is 1. The molecule has 0 aromatic heterocycles. The Balaban J connectivity index is 2.15. The summed E-state index contributed by atoms with van der Waals surface area (Å²) < 4.78 is 5.31. The summed E-state index contributed by atoms with van der Waals surface area (Å²) >= 11 is 0. The van der Waals surface area contributed by atoms with E-state index >= 15 is 0 Å². The van der Waals surface area contributed by atoms with Gasteiger partial charge in [0.1, 0.15) is 0 Å². The van der Waals surface area contributed by atoms with Gasteiger partial charge in [0.2, 0.25) is 0 Å². The lowest BCUT2D eigenvalue weighted by Gasteiger charge is -2.33. The van der Waals surface area contributed by atoms with Crippen molar-refractivity contribution >= 4 is 11.7 Å². The van der Waals surface area contributed by atoms with Crippen LogP contribution in [0.15, 0.2) is 24.3 Å². The van der Waals surface area contributed by atoms with Crippen LogP contribution in [-0.4, -0.2) is 37.4 Å². The first-order chi connectivity index (χ1) is 8.22. The SMILES string of the molecule is COC1CCN(c2ccccc2C(=O)O)CC1. The maximum Gasteiger partial charge on any atom is 0.337 e. The zero-order valence-electron chi connectivity index (χ0n) is 9.93. The van der Waals surface area contributed by atoms with Gasteiger partial charge in [0.25, 0.3) is 0 Å². The Kier molecular flexibility index (Phi) is 3.64. The second kappa shape index (κ2) is 5.19. The van der Waals surface area contributed by atoms with E-state index in [1.54, 1.807) is 19.2 Å². The summed E-state index contributed by atoms with van der Waals surface area (Å²) in [5.41, 5.74) is 1.19. The first kappa shape index (κ1) is 11.9. The third-order valence-electron chi connectivity index (χ3n) is 3.25. The highest BCUT2D eigenvalue weighted by Gasteiger charge is 2.21. The standard InChI is InChI=1S/C13H17NO3/c1-17-10-6-8-14(9-7-10)12-5-3-2-4-11(12)13(15)16/h2-5,10H,6-9H2,1H3,(H,15,16). The Morgan fingerprint density at radius 1 is 1.35 bits per heavy atom. The molecule has 0 aliphatic carbocycles. The van der Waals surface area contributed by atoms with Crippen LogP contribution in [0.3, 0.4) is 0 Å². The van der Waals surface area contributed by atoms with Gasteiger partial charge in [0, 0.05) is 20.2 Å². The number of methoxy groups -OCH3 is 1. The lowest BCUT2D eigenvalue weighted by atomic mass is 10.0. The fraction of sp³-hybridized carbons (Fsp3) is 0.462. The number of hydrogen-bond acceptors (Lipinski definition) is 3. The Hall–Kier alpha value is -1.55. The molecule has 2 rings (SSSR count). The minimum atomic E-state index is -0.866. The minimum Gasteiger partial charge on any atom is -0.478 e. The molecule has 17 heavy (non-hydrogen) atoms. The van der Waals surface area contributed by atoms with Crippen molar-refractivity contribution in [1.29, 1.82) is 0 Å². The van der Waals surface area contributed by atoms with Gasteiger partial charge < -0.3 is 14.7 Å². The molecule has 0 unspecified atom stereocenters. The summed E-state index contributed by atoms with van der Waals surface area (Å²) in [6.45, 7) is 1.70. The zero-order valence-corrected chi connectivity index (χ0v) is 9.93. The van der Waals surface area contributed by atoms with Crippen LogP contribution >= 0.6 is 0 Å². The van der Waals surface area contributed by atoms with Crippen LogP contribution < -0.4 is 4.90 Å². The molecule has 1 aromatic carbocycles. The van der Waals surface area contributed by atoms with Crippen molar-refractivity contribution in [2.24, 2.45) is 0 Å². The summed E-state index contributed by atoms with van der Waals surface area (Å²) in [4.78, 5) is 13.3. The molecule has 0 spiro atoms. The van der Waals surface area contributed by atoms with Crippen LogP contribution in [0.1, 0.15) is 23.2 Å². The first-order valence-electron chi connectivity index (χ1n) is 5.82. The molecule has 0 amide bonds. The van der Waals surface area contributed by atoms with Crippen LogP contribution in [0.5, 0.6) is 0 Å². The van der Waals surface area contributed by atoms with Crippen molar-refractivity contribution in [2.75, 3.05) is 25.1 Å². The van der Waals surface area contributed by atoms with E-state index in [9.17, 15) is 4.79 Å². The molecule has 1 aliphatic heterocycles. The number of carboxylic acids is 1. The number of aromatic carboxylic acids is 1.